The monoisotopic (exact) mass is 364 g/mol. The molecule has 1 heterocycles. The van der Waals surface area contributed by atoms with Gasteiger partial charge < -0.3 is 10.2 Å². The highest BCUT2D eigenvalue weighted by Crippen LogP contribution is 2.31. The van der Waals surface area contributed by atoms with Gasteiger partial charge in [0.15, 0.2) is 0 Å². The van der Waals surface area contributed by atoms with Crippen LogP contribution in [0.1, 0.15) is 57.4 Å². The quantitative estimate of drug-likeness (QED) is 0.785. The Morgan fingerprint density at radius 1 is 1.16 bits per heavy atom. The van der Waals surface area contributed by atoms with Crippen LogP contribution in [-0.2, 0) is 4.79 Å². The lowest BCUT2D eigenvalue weighted by molar-refractivity contribution is -0.135. The fourth-order valence-corrected chi connectivity index (χ4v) is 3.77. The molecule has 1 aromatic rings. The second-order valence-corrected chi connectivity index (χ2v) is 7.73. The number of likely N-dealkylation sites (tertiary alicyclic amines) is 1. The number of nitrogens with zero attached hydrogens (tertiary/aromatic N) is 1. The molecule has 1 aromatic carbocycles. The van der Waals surface area contributed by atoms with Gasteiger partial charge in [0.25, 0.3) is 0 Å². The van der Waals surface area contributed by atoms with E-state index in [9.17, 15) is 4.79 Å². The molecule has 1 aliphatic carbocycles. The van der Waals surface area contributed by atoms with Gasteiger partial charge in [0.05, 0.1) is 5.92 Å². The van der Waals surface area contributed by atoms with Gasteiger partial charge in [-0.2, -0.15) is 0 Å². The molecular formula is C21H33ClN2O. The number of rotatable bonds is 7. The van der Waals surface area contributed by atoms with E-state index < -0.39 is 0 Å². The van der Waals surface area contributed by atoms with Crippen molar-refractivity contribution in [2.75, 3.05) is 19.6 Å². The third-order valence-electron chi connectivity index (χ3n) is 5.84. The molecule has 1 saturated carbocycles. The highest BCUT2D eigenvalue weighted by atomic mass is 35.5. The first-order valence-corrected chi connectivity index (χ1v) is 9.76. The van der Waals surface area contributed by atoms with E-state index in [1.165, 1.54) is 24.9 Å². The molecule has 2 fully saturated rings. The summed E-state index contributed by atoms with van der Waals surface area (Å²) in [7, 11) is 0. The van der Waals surface area contributed by atoms with Crippen LogP contribution in [0.15, 0.2) is 30.3 Å². The molecule has 1 N–H and O–H groups in total. The standard InChI is InChI=1S/C21H32N2O.ClH/c1-3-16(2)20(18-7-5-4-6-8-18)21(24)23-13-11-19(12-14-23)22-15-17-9-10-17;/h4-8,16-17,19-20,22H,3,9-15H2,1-2H3;1H. The number of halogens is 1. The Labute approximate surface area is 159 Å². The fraction of sp³-hybridized carbons (Fsp3) is 0.667. The van der Waals surface area contributed by atoms with Crippen LogP contribution in [-0.4, -0.2) is 36.5 Å². The maximum absolute atomic E-state index is 13.2. The van der Waals surface area contributed by atoms with Crippen LogP contribution in [0.3, 0.4) is 0 Å². The van der Waals surface area contributed by atoms with Crippen LogP contribution in [0, 0.1) is 11.8 Å². The van der Waals surface area contributed by atoms with Gasteiger partial charge in [-0.25, -0.2) is 0 Å². The van der Waals surface area contributed by atoms with Gasteiger partial charge in [0.1, 0.15) is 0 Å². The van der Waals surface area contributed by atoms with E-state index in [1.54, 1.807) is 0 Å². The Morgan fingerprint density at radius 3 is 2.36 bits per heavy atom. The van der Waals surface area contributed by atoms with E-state index in [2.05, 4.69) is 36.2 Å². The molecule has 0 spiro atoms. The molecule has 1 aliphatic heterocycles. The van der Waals surface area contributed by atoms with Crippen molar-refractivity contribution in [3.8, 4) is 0 Å². The third-order valence-corrected chi connectivity index (χ3v) is 5.84. The van der Waals surface area contributed by atoms with Gasteiger partial charge in [-0.3, -0.25) is 4.79 Å². The normalized spacial score (nSPS) is 20.6. The van der Waals surface area contributed by atoms with Gasteiger partial charge in [-0.15, -0.1) is 12.4 Å². The van der Waals surface area contributed by atoms with Crippen molar-refractivity contribution < 1.29 is 4.79 Å². The summed E-state index contributed by atoms with van der Waals surface area (Å²) in [5.74, 6) is 1.64. The number of nitrogens with one attached hydrogen (secondary N) is 1. The van der Waals surface area contributed by atoms with Crippen molar-refractivity contribution >= 4 is 18.3 Å². The van der Waals surface area contributed by atoms with Crippen molar-refractivity contribution in [1.82, 2.24) is 10.2 Å². The van der Waals surface area contributed by atoms with E-state index in [0.717, 1.165) is 38.3 Å². The van der Waals surface area contributed by atoms with E-state index >= 15 is 0 Å². The van der Waals surface area contributed by atoms with E-state index in [0.29, 0.717) is 17.9 Å². The average molecular weight is 365 g/mol. The van der Waals surface area contributed by atoms with Crippen LogP contribution in [0.4, 0.5) is 0 Å². The van der Waals surface area contributed by atoms with Gasteiger partial charge in [-0.05, 0) is 49.6 Å². The molecule has 0 aromatic heterocycles. The van der Waals surface area contributed by atoms with Crippen molar-refractivity contribution in [3.05, 3.63) is 35.9 Å². The first kappa shape index (κ1) is 20.3. The molecule has 3 rings (SSSR count). The molecule has 140 valence electrons. The number of hydrogen-bond acceptors (Lipinski definition) is 2. The SMILES string of the molecule is CCC(C)C(C(=O)N1CCC(NCC2CC2)CC1)c1ccccc1.Cl. The zero-order chi connectivity index (χ0) is 16.9. The highest BCUT2D eigenvalue weighted by Gasteiger charge is 2.32. The van der Waals surface area contributed by atoms with Crippen molar-refractivity contribution in [3.63, 3.8) is 0 Å². The lowest BCUT2D eigenvalue weighted by atomic mass is 9.84. The summed E-state index contributed by atoms with van der Waals surface area (Å²) in [6, 6.07) is 10.9. The maximum Gasteiger partial charge on any atom is 0.230 e. The molecule has 0 bridgehead atoms. The van der Waals surface area contributed by atoms with Crippen LogP contribution in [0.25, 0.3) is 0 Å². The van der Waals surface area contributed by atoms with Gasteiger partial charge in [0, 0.05) is 19.1 Å². The molecule has 3 nitrogen and oxygen atoms in total. The maximum atomic E-state index is 13.2. The number of benzene rings is 1. The minimum Gasteiger partial charge on any atom is -0.342 e. The van der Waals surface area contributed by atoms with Crippen LogP contribution >= 0.6 is 12.4 Å². The van der Waals surface area contributed by atoms with Gasteiger partial charge >= 0.3 is 0 Å². The van der Waals surface area contributed by atoms with Gasteiger partial charge in [0.2, 0.25) is 5.91 Å². The number of amides is 1. The molecule has 0 radical (unpaired) electrons. The topological polar surface area (TPSA) is 32.3 Å². The number of piperidine rings is 1. The fourth-order valence-electron chi connectivity index (χ4n) is 3.77. The third kappa shape index (κ3) is 5.46. The van der Waals surface area contributed by atoms with Crippen molar-refractivity contribution in [2.24, 2.45) is 11.8 Å². The average Bonchev–Trinajstić information content (AvgIpc) is 3.45. The molecule has 1 saturated heterocycles. The summed E-state index contributed by atoms with van der Waals surface area (Å²) in [5, 5.41) is 3.70. The summed E-state index contributed by atoms with van der Waals surface area (Å²) in [6.07, 6.45) is 6.03. The zero-order valence-electron chi connectivity index (χ0n) is 15.6. The van der Waals surface area contributed by atoms with Crippen molar-refractivity contribution in [2.45, 2.75) is 57.9 Å². The number of hydrogen-bond donors (Lipinski definition) is 1. The molecule has 1 amide bonds. The Balaban J connectivity index is 0.00000225. The Hall–Kier alpha value is -1.06. The highest BCUT2D eigenvalue weighted by molar-refractivity contribution is 5.85. The smallest absolute Gasteiger partial charge is 0.230 e. The molecular weight excluding hydrogens is 332 g/mol. The summed E-state index contributed by atoms with van der Waals surface area (Å²) in [4.78, 5) is 15.3. The van der Waals surface area contributed by atoms with E-state index in [-0.39, 0.29) is 18.3 Å². The van der Waals surface area contributed by atoms with Crippen LogP contribution in [0.5, 0.6) is 0 Å². The summed E-state index contributed by atoms with van der Waals surface area (Å²) in [5.41, 5.74) is 1.17. The lowest BCUT2D eigenvalue weighted by Crippen LogP contribution is -2.47. The summed E-state index contributed by atoms with van der Waals surface area (Å²) >= 11 is 0. The van der Waals surface area contributed by atoms with Gasteiger partial charge in [-0.1, -0.05) is 50.6 Å². The Morgan fingerprint density at radius 2 is 1.80 bits per heavy atom. The second-order valence-electron chi connectivity index (χ2n) is 7.73. The predicted octanol–water partition coefficient (Wildman–Crippen LogP) is 4.23. The van der Waals surface area contributed by atoms with Crippen LogP contribution in [0.2, 0.25) is 0 Å². The molecule has 2 atom stereocenters. The molecule has 25 heavy (non-hydrogen) atoms. The van der Waals surface area contributed by atoms with E-state index in [1.807, 2.05) is 18.2 Å². The zero-order valence-corrected chi connectivity index (χ0v) is 16.4. The summed E-state index contributed by atoms with van der Waals surface area (Å²) < 4.78 is 0. The first-order chi connectivity index (χ1) is 11.7. The number of carbonyl (C=O) groups is 1. The largest absolute Gasteiger partial charge is 0.342 e. The summed E-state index contributed by atoms with van der Waals surface area (Å²) in [6.45, 7) is 7.38. The molecule has 2 aliphatic rings. The van der Waals surface area contributed by atoms with E-state index in [4.69, 9.17) is 0 Å². The second kappa shape index (κ2) is 9.59. The Kier molecular flexibility index (Phi) is 7.77. The Bertz CT molecular complexity index is 524. The van der Waals surface area contributed by atoms with Crippen LogP contribution < -0.4 is 5.32 Å². The minimum absolute atomic E-state index is 0. The minimum atomic E-state index is 0. The molecule has 2 unspecified atom stereocenters. The first-order valence-electron chi connectivity index (χ1n) is 9.76. The lowest BCUT2D eigenvalue weighted by Gasteiger charge is -2.36. The van der Waals surface area contributed by atoms with Crippen molar-refractivity contribution in [1.29, 1.82) is 0 Å². The molecule has 4 heteroatoms. The number of carbonyl (C=O) groups excluding carboxylic acids is 1. The predicted molar refractivity (Wildman–Crippen MR) is 106 cm³/mol.